The number of hydrogen-bond donors (Lipinski definition) is 0. The molecule has 0 spiro atoms. The second-order valence-electron chi connectivity index (χ2n) is 4.36. The zero-order chi connectivity index (χ0) is 14.1. The molecular formula is C16H9Cl2NO. The quantitative estimate of drug-likeness (QED) is 0.638. The van der Waals surface area contributed by atoms with Crippen LogP contribution in [0.3, 0.4) is 0 Å². The first-order valence-corrected chi connectivity index (χ1v) is 6.75. The summed E-state index contributed by atoms with van der Waals surface area (Å²) in [5.41, 5.74) is 1.82. The molecule has 20 heavy (non-hydrogen) atoms. The third kappa shape index (κ3) is 2.40. The van der Waals surface area contributed by atoms with Gasteiger partial charge in [-0.1, -0.05) is 29.3 Å². The average Bonchev–Trinajstić information content (AvgIpc) is 2.48. The maximum Gasteiger partial charge on any atom is 0.194 e. The largest absolute Gasteiger partial charge is 0.289 e. The number of pyridine rings is 1. The lowest BCUT2D eigenvalue weighted by Gasteiger charge is -2.05. The van der Waals surface area contributed by atoms with Crippen molar-refractivity contribution in [2.24, 2.45) is 0 Å². The van der Waals surface area contributed by atoms with Gasteiger partial charge in [-0.2, -0.15) is 0 Å². The van der Waals surface area contributed by atoms with E-state index in [1.54, 1.807) is 30.5 Å². The van der Waals surface area contributed by atoms with Gasteiger partial charge < -0.3 is 0 Å². The lowest BCUT2D eigenvalue weighted by Crippen LogP contribution is -2.02. The highest BCUT2D eigenvalue weighted by Gasteiger charge is 2.14. The van der Waals surface area contributed by atoms with Crippen molar-refractivity contribution in [1.29, 1.82) is 0 Å². The first kappa shape index (κ1) is 13.1. The van der Waals surface area contributed by atoms with Crippen molar-refractivity contribution >= 4 is 39.9 Å². The van der Waals surface area contributed by atoms with Crippen molar-refractivity contribution in [3.8, 4) is 0 Å². The Hall–Kier alpha value is -1.90. The number of fused-ring (bicyclic) bond motifs is 1. The van der Waals surface area contributed by atoms with Crippen molar-refractivity contribution in [1.82, 2.24) is 4.98 Å². The minimum atomic E-state index is -0.150. The third-order valence-electron chi connectivity index (χ3n) is 3.04. The van der Waals surface area contributed by atoms with Crippen molar-refractivity contribution in [2.75, 3.05) is 0 Å². The van der Waals surface area contributed by atoms with Gasteiger partial charge in [-0.3, -0.25) is 9.78 Å². The summed E-state index contributed by atoms with van der Waals surface area (Å²) in [4.78, 5) is 16.7. The van der Waals surface area contributed by atoms with E-state index in [-0.39, 0.29) is 5.78 Å². The van der Waals surface area contributed by atoms with Crippen LogP contribution in [0.15, 0.2) is 54.7 Å². The van der Waals surface area contributed by atoms with Crippen LogP contribution >= 0.6 is 23.2 Å². The van der Waals surface area contributed by atoms with Gasteiger partial charge in [-0.15, -0.1) is 0 Å². The Balaban J connectivity index is 2.10. The van der Waals surface area contributed by atoms with Crippen LogP contribution in [-0.4, -0.2) is 10.8 Å². The highest BCUT2D eigenvalue weighted by Crippen LogP contribution is 2.24. The summed E-state index contributed by atoms with van der Waals surface area (Å²) < 4.78 is 0. The summed E-state index contributed by atoms with van der Waals surface area (Å²) >= 11 is 12.0. The van der Waals surface area contributed by atoms with Crippen LogP contribution in [0.5, 0.6) is 0 Å². The molecule has 0 radical (unpaired) electrons. The molecule has 3 rings (SSSR count). The standard InChI is InChI=1S/C16H9Cl2NO/c17-12-4-5-14(18)13(9-12)16(20)11-3-6-15-10(8-11)2-1-7-19-15/h1-9H. The van der Waals surface area contributed by atoms with Crippen LogP contribution in [0.2, 0.25) is 10.0 Å². The fourth-order valence-corrected chi connectivity index (χ4v) is 2.42. The van der Waals surface area contributed by atoms with E-state index < -0.39 is 0 Å². The van der Waals surface area contributed by atoms with Crippen LogP contribution in [0.25, 0.3) is 10.9 Å². The van der Waals surface area contributed by atoms with E-state index in [1.807, 2.05) is 24.3 Å². The smallest absolute Gasteiger partial charge is 0.194 e. The first-order chi connectivity index (χ1) is 9.65. The second kappa shape index (κ2) is 5.23. The Labute approximate surface area is 126 Å². The van der Waals surface area contributed by atoms with Crippen LogP contribution in [0.1, 0.15) is 15.9 Å². The van der Waals surface area contributed by atoms with E-state index >= 15 is 0 Å². The molecule has 0 aliphatic carbocycles. The Morgan fingerprint density at radius 3 is 2.70 bits per heavy atom. The van der Waals surface area contributed by atoms with Gasteiger partial charge in [0.05, 0.1) is 10.5 Å². The lowest BCUT2D eigenvalue weighted by atomic mass is 10.0. The van der Waals surface area contributed by atoms with Gasteiger partial charge in [0, 0.05) is 27.7 Å². The van der Waals surface area contributed by atoms with Crippen LogP contribution in [0, 0.1) is 0 Å². The zero-order valence-electron chi connectivity index (χ0n) is 10.3. The number of halogens is 2. The fraction of sp³-hybridized carbons (Fsp3) is 0. The number of benzene rings is 2. The highest BCUT2D eigenvalue weighted by atomic mass is 35.5. The number of aromatic nitrogens is 1. The Kier molecular flexibility index (Phi) is 3.43. The molecule has 1 aromatic heterocycles. The Morgan fingerprint density at radius 1 is 1.00 bits per heavy atom. The van der Waals surface area contributed by atoms with Crippen LogP contribution in [0.4, 0.5) is 0 Å². The molecule has 2 nitrogen and oxygen atoms in total. The van der Waals surface area contributed by atoms with Crippen LogP contribution in [-0.2, 0) is 0 Å². The SMILES string of the molecule is O=C(c1ccc2ncccc2c1)c1cc(Cl)ccc1Cl. The molecule has 0 saturated carbocycles. The van der Waals surface area contributed by atoms with Crippen molar-refractivity contribution in [3.05, 3.63) is 75.9 Å². The van der Waals surface area contributed by atoms with Gasteiger partial charge >= 0.3 is 0 Å². The molecule has 4 heteroatoms. The van der Waals surface area contributed by atoms with Crippen molar-refractivity contribution in [2.45, 2.75) is 0 Å². The predicted molar refractivity (Wildman–Crippen MR) is 81.6 cm³/mol. The molecular weight excluding hydrogens is 293 g/mol. The summed E-state index contributed by atoms with van der Waals surface area (Å²) in [7, 11) is 0. The van der Waals surface area contributed by atoms with Gasteiger partial charge in [0.1, 0.15) is 0 Å². The van der Waals surface area contributed by atoms with Crippen LogP contribution < -0.4 is 0 Å². The molecule has 3 aromatic rings. The van der Waals surface area contributed by atoms with E-state index in [0.29, 0.717) is 21.2 Å². The van der Waals surface area contributed by atoms with E-state index in [4.69, 9.17) is 23.2 Å². The number of nitrogens with zero attached hydrogens (tertiary/aromatic N) is 1. The van der Waals surface area contributed by atoms with Gasteiger partial charge in [0.25, 0.3) is 0 Å². The molecule has 0 saturated heterocycles. The number of carbonyl (C=O) groups excluding carboxylic acids is 1. The Bertz CT molecular complexity index is 814. The number of rotatable bonds is 2. The first-order valence-electron chi connectivity index (χ1n) is 6.00. The van der Waals surface area contributed by atoms with Gasteiger partial charge in [0.15, 0.2) is 5.78 Å². The summed E-state index contributed by atoms with van der Waals surface area (Å²) in [6.07, 6.45) is 1.72. The summed E-state index contributed by atoms with van der Waals surface area (Å²) in [5, 5.41) is 1.79. The molecule has 0 fully saturated rings. The molecule has 98 valence electrons. The monoisotopic (exact) mass is 301 g/mol. The normalized spacial score (nSPS) is 10.7. The summed E-state index contributed by atoms with van der Waals surface area (Å²) in [6, 6.07) is 14.0. The molecule has 0 bridgehead atoms. The number of hydrogen-bond acceptors (Lipinski definition) is 2. The third-order valence-corrected chi connectivity index (χ3v) is 3.60. The molecule has 0 amide bonds. The topological polar surface area (TPSA) is 30.0 Å². The minimum absolute atomic E-state index is 0.150. The fourth-order valence-electron chi connectivity index (χ4n) is 2.04. The van der Waals surface area contributed by atoms with E-state index in [9.17, 15) is 4.79 Å². The molecule has 0 aliphatic rings. The molecule has 0 N–H and O–H groups in total. The van der Waals surface area contributed by atoms with Gasteiger partial charge in [0.2, 0.25) is 0 Å². The lowest BCUT2D eigenvalue weighted by molar-refractivity contribution is 0.103. The number of carbonyl (C=O) groups is 1. The Morgan fingerprint density at radius 2 is 1.85 bits per heavy atom. The maximum atomic E-state index is 12.5. The average molecular weight is 302 g/mol. The minimum Gasteiger partial charge on any atom is -0.289 e. The van der Waals surface area contributed by atoms with Gasteiger partial charge in [-0.25, -0.2) is 0 Å². The predicted octanol–water partition coefficient (Wildman–Crippen LogP) is 4.77. The zero-order valence-corrected chi connectivity index (χ0v) is 11.8. The van der Waals surface area contributed by atoms with E-state index in [0.717, 1.165) is 10.9 Å². The van der Waals surface area contributed by atoms with Gasteiger partial charge in [-0.05, 0) is 42.5 Å². The summed E-state index contributed by atoms with van der Waals surface area (Å²) in [6.45, 7) is 0. The molecule has 0 unspecified atom stereocenters. The molecule has 0 aliphatic heterocycles. The van der Waals surface area contributed by atoms with E-state index in [1.165, 1.54) is 0 Å². The molecule has 2 aromatic carbocycles. The van der Waals surface area contributed by atoms with Crippen molar-refractivity contribution < 1.29 is 4.79 Å². The highest BCUT2D eigenvalue weighted by molar-refractivity contribution is 6.36. The maximum absolute atomic E-state index is 12.5. The molecule has 0 atom stereocenters. The number of ketones is 1. The summed E-state index contributed by atoms with van der Waals surface area (Å²) in [5.74, 6) is -0.150. The van der Waals surface area contributed by atoms with E-state index in [2.05, 4.69) is 4.98 Å². The van der Waals surface area contributed by atoms with Crippen molar-refractivity contribution in [3.63, 3.8) is 0 Å². The second-order valence-corrected chi connectivity index (χ2v) is 5.21. The molecule has 1 heterocycles.